The van der Waals surface area contributed by atoms with Gasteiger partial charge in [-0.1, -0.05) is 115 Å². The summed E-state index contributed by atoms with van der Waals surface area (Å²) in [6, 6.07) is 57.8. The minimum atomic E-state index is 0.690. The number of pyridine rings is 1. The Labute approximate surface area is 281 Å². The molecule has 3 nitrogen and oxygen atoms in total. The van der Waals surface area contributed by atoms with Crippen LogP contribution in [0.4, 0.5) is 0 Å². The third-order valence-electron chi connectivity index (χ3n) is 8.75. The summed E-state index contributed by atoms with van der Waals surface area (Å²) in [6.07, 6.45) is 0. The van der Waals surface area contributed by atoms with Crippen LogP contribution in [0, 0.1) is 13.8 Å². The van der Waals surface area contributed by atoms with Crippen molar-refractivity contribution in [3.05, 3.63) is 175 Å². The maximum atomic E-state index is 5.19. The maximum absolute atomic E-state index is 5.19. The zero-order valence-electron chi connectivity index (χ0n) is 26.9. The van der Waals surface area contributed by atoms with E-state index in [4.69, 9.17) is 9.97 Å². The third-order valence-corrected chi connectivity index (χ3v) is 8.75. The van der Waals surface area contributed by atoms with Gasteiger partial charge in [0.05, 0.1) is 11.4 Å². The molecule has 0 atom stereocenters. The average molecular weight is 616 g/mol. The quantitative estimate of drug-likeness (QED) is 0.187. The first-order chi connectivity index (χ1) is 23.6. The second-order valence-electron chi connectivity index (χ2n) is 12.3. The highest BCUT2D eigenvalue weighted by atomic mass is 14.9. The van der Waals surface area contributed by atoms with E-state index in [2.05, 4.69) is 157 Å². The minimum absolute atomic E-state index is 0.690. The Morgan fingerprint density at radius 1 is 0.292 bits per heavy atom. The second kappa shape index (κ2) is 12.5. The third kappa shape index (κ3) is 6.02. The lowest BCUT2D eigenvalue weighted by atomic mass is 9.93. The van der Waals surface area contributed by atoms with Crippen molar-refractivity contribution in [2.45, 2.75) is 13.8 Å². The van der Waals surface area contributed by atoms with Crippen molar-refractivity contribution in [1.82, 2.24) is 15.0 Å². The van der Waals surface area contributed by atoms with E-state index >= 15 is 0 Å². The predicted octanol–water partition coefficient (Wildman–Crippen LogP) is 11.6. The number of hydrogen-bond donors (Lipinski definition) is 0. The van der Waals surface area contributed by atoms with Gasteiger partial charge in [-0.25, -0.2) is 9.97 Å². The van der Waals surface area contributed by atoms with E-state index < -0.39 is 0 Å². The lowest BCUT2D eigenvalue weighted by molar-refractivity contribution is 1.12. The smallest absolute Gasteiger partial charge is 0.160 e. The Morgan fingerprint density at radius 2 is 0.750 bits per heavy atom. The summed E-state index contributed by atoms with van der Waals surface area (Å²) in [6.45, 7) is 4.10. The Bertz CT molecular complexity index is 2340. The molecule has 0 saturated heterocycles. The molecule has 0 spiro atoms. The highest BCUT2D eigenvalue weighted by Gasteiger charge is 2.14. The molecule has 6 aromatic carbocycles. The van der Waals surface area contributed by atoms with Crippen molar-refractivity contribution in [1.29, 1.82) is 0 Å². The normalized spacial score (nSPS) is 11.1. The molecule has 48 heavy (non-hydrogen) atoms. The standard InChI is InChI=1S/C45H33N3/c1-30-22-39(23-31(2)46-30)36-18-11-19-37(25-36)40-26-41(38-21-20-32-12-9-10-17-35(32)24-38)28-42(27-40)45-47-43(33-13-5-3-6-14-33)29-44(48-45)34-15-7-4-8-16-34/h3-29H,1-2H3. The molecule has 8 aromatic rings. The van der Waals surface area contributed by atoms with Gasteiger partial charge in [-0.15, -0.1) is 0 Å². The number of nitrogens with zero attached hydrogens (tertiary/aromatic N) is 3. The number of aromatic nitrogens is 3. The summed E-state index contributed by atoms with van der Waals surface area (Å²) in [4.78, 5) is 15.0. The monoisotopic (exact) mass is 615 g/mol. The van der Waals surface area contributed by atoms with Gasteiger partial charge < -0.3 is 0 Å². The van der Waals surface area contributed by atoms with E-state index in [0.717, 1.165) is 67.3 Å². The van der Waals surface area contributed by atoms with Gasteiger partial charge in [0.2, 0.25) is 0 Å². The predicted molar refractivity (Wildman–Crippen MR) is 199 cm³/mol. The van der Waals surface area contributed by atoms with Crippen LogP contribution in [0.15, 0.2) is 164 Å². The molecule has 0 radical (unpaired) electrons. The summed E-state index contributed by atoms with van der Waals surface area (Å²) in [7, 11) is 0. The fourth-order valence-corrected chi connectivity index (χ4v) is 6.43. The zero-order valence-corrected chi connectivity index (χ0v) is 26.9. The molecule has 0 amide bonds. The van der Waals surface area contributed by atoms with Crippen LogP contribution in [0.3, 0.4) is 0 Å². The average Bonchev–Trinajstić information content (AvgIpc) is 3.14. The van der Waals surface area contributed by atoms with Crippen molar-refractivity contribution in [2.24, 2.45) is 0 Å². The van der Waals surface area contributed by atoms with Crippen LogP contribution >= 0.6 is 0 Å². The van der Waals surface area contributed by atoms with Gasteiger partial charge >= 0.3 is 0 Å². The van der Waals surface area contributed by atoms with E-state index in [-0.39, 0.29) is 0 Å². The Kier molecular flexibility index (Phi) is 7.64. The molecule has 0 fully saturated rings. The number of hydrogen-bond acceptors (Lipinski definition) is 3. The van der Waals surface area contributed by atoms with Crippen LogP contribution in [0.5, 0.6) is 0 Å². The molecule has 3 heteroatoms. The second-order valence-corrected chi connectivity index (χ2v) is 12.3. The van der Waals surface area contributed by atoms with Gasteiger partial charge in [-0.2, -0.15) is 0 Å². The van der Waals surface area contributed by atoms with E-state index in [0.29, 0.717) is 5.82 Å². The minimum Gasteiger partial charge on any atom is -0.258 e. The van der Waals surface area contributed by atoms with E-state index in [1.807, 2.05) is 26.0 Å². The molecule has 0 N–H and O–H groups in total. The van der Waals surface area contributed by atoms with Gasteiger partial charge in [0.1, 0.15) is 0 Å². The molecule has 0 aliphatic carbocycles. The lowest BCUT2D eigenvalue weighted by Gasteiger charge is -2.14. The topological polar surface area (TPSA) is 38.7 Å². The van der Waals surface area contributed by atoms with Crippen molar-refractivity contribution in [3.63, 3.8) is 0 Å². The van der Waals surface area contributed by atoms with E-state index in [1.54, 1.807) is 0 Å². The van der Waals surface area contributed by atoms with Gasteiger partial charge in [0, 0.05) is 28.1 Å². The molecule has 0 unspecified atom stereocenters. The Morgan fingerprint density at radius 3 is 1.35 bits per heavy atom. The fraction of sp³-hybridized carbons (Fsp3) is 0.0444. The van der Waals surface area contributed by atoms with E-state index in [9.17, 15) is 0 Å². The van der Waals surface area contributed by atoms with Crippen LogP contribution in [-0.4, -0.2) is 15.0 Å². The summed E-state index contributed by atoms with van der Waals surface area (Å²) in [5.41, 5.74) is 13.7. The highest BCUT2D eigenvalue weighted by Crippen LogP contribution is 2.36. The molecule has 0 aliphatic heterocycles. The number of benzene rings is 6. The van der Waals surface area contributed by atoms with Gasteiger partial charge in [0.15, 0.2) is 5.82 Å². The van der Waals surface area contributed by atoms with Crippen LogP contribution in [0.2, 0.25) is 0 Å². The van der Waals surface area contributed by atoms with Crippen molar-refractivity contribution < 1.29 is 0 Å². The Balaban J connectivity index is 1.34. The first-order valence-electron chi connectivity index (χ1n) is 16.3. The summed E-state index contributed by atoms with van der Waals surface area (Å²) < 4.78 is 0. The van der Waals surface area contributed by atoms with Crippen LogP contribution in [0.1, 0.15) is 11.4 Å². The summed E-state index contributed by atoms with van der Waals surface area (Å²) in [5, 5.41) is 2.43. The number of aryl methyl sites for hydroxylation is 2. The molecule has 0 bridgehead atoms. The van der Waals surface area contributed by atoms with Gasteiger partial charge in [-0.05, 0) is 107 Å². The summed E-state index contributed by atoms with van der Waals surface area (Å²) >= 11 is 0. The van der Waals surface area contributed by atoms with Crippen molar-refractivity contribution in [3.8, 4) is 67.3 Å². The molecule has 0 aliphatic rings. The molecule has 228 valence electrons. The van der Waals surface area contributed by atoms with Crippen molar-refractivity contribution >= 4 is 10.8 Å². The highest BCUT2D eigenvalue weighted by molar-refractivity contribution is 5.89. The molecule has 0 saturated carbocycles. The van der Waals surface area contributed by atoms with Gasteiger partial charge in [0.25, 0.3) is 0 Å². The Hall–Kier alpha value is -6.19. The molecule has 8 rings (SSSR count). The van der Waals surface area contributed by atoms with Gasteiger partial charge in [-0.3, -0.25) is 4.98 Å². The first-order valence-corrected chi connectivity index (χ1v) is 16.3. The molecular formula is C45H33N3. The fourth-order valence-electron chi connectivity index (χ4n) is 6.43. The number of rotatable bonds is 6. The molecule has 2 aromatic heterocycles. The van der Waals surface area contributed by atoms with E-state index in [1.165, 1.54) is 16.3 Å². The lowest BCUT2D eigenvalue weighted by Crippen LogP contribution is -1.97. The zero-order chi connectivity index (χ0) is 32.5. The SMILES string of the molecule is Cc1cc(-c2cccc(-c3cc(-c4ccc5ccccc5c4)cc(-c4nc(-c5ccccc5)cc(-c5ccccc5)n4)c3)c2)cc(C)n1. The van der Waals surface area contributed by atoms with Crippen molar-refractivity contribution in [2.75, 3.05) is 0 Å². The maximum Gasteiger partial charge on any atom is 0.160 e. The number of fused-ring (bicyclic) bond motifs is 1. The molecule has 2 heterocycles. The van der Waals surface area contributed by atoms with Crippen LogP contribution in [0.25, 0.3) is 78.1 Å². The molecular weight excluding hydrogens is 583 g/mol. The van der Waals surface area contributed by atoms with Crippen LogP contribution < -0.4 is 0 Å². The first kappa shape index (κ1) is 29.2. The van der Waals surface area contributed by atoms with Crippen LogP contribution in [-0.2, 0) is 0 Å². The largest absolute Gasteiger partial charge is 0.258 e. The summed E-state index contributed by atoms with van der Waals surface area (Å²) in [5.74, 6) is 0.690.